The third kappa shape index (κ3) is 15.8. The first kappa shape index (κ1) is 46.0. The number of carbonyl (C=O) groups is 2. The van der Waals surface area contributed by atoms with Gasteiger partial charge in [0.15, 0.2) is 11.6 Å². The molecular formula is C45H63N7O8. The number of benzene rings is 2. The lowest BCUT2D eigenvalue weighted by molar-refractivity contribution is -0.137. The van der Waals surface area contributed by atoms with Crippen molar-refractivity contribution in [2.75, 3.05) is 78.3 Å². The van der Waals surface area contributed by atoms with Gasteiger partial charge in [0.2, 0.25) is 5.91 Å². The lowest BCUT2D eigenvalue weighted by Crippen LogP contribution is -2.46. The van der Waals surface area contributed by atoms with E-state index in [4.69, 9.17) is 39.5 Å². The minimum Gasteiger partial charge on any atom is -0.494 e. The van der Waals surface area contributed by atoms with Gasteiger partial charge in [-0.05, 0) is 119 Å². The average molecular weight is 830 g/mol. The second-order valence-corrected chi connectivity index (χ2v) is 15.2. The van der Waals surface area contributed by atoms with Crippen molar-refractivity contribution in [3.8, 4) is 22.9 Å². The molecule has 6 rings (SSSR count). The van der Waals surface area contributed by atoms with E-state index in [0.717, 1.165) is 126 Å². The fraction of sp³-hybridized carbons (Fsp3) is 0.533. The number of aliphatic carboxylic acids is 1. The molecule has 326 valence electrons. The molecule has 2 aliphatic rings. The summed E-state index contributed by atoms with van der Waals surface area (Å²) in [7, 11) is 2.11. The predicted octanol–water partition coefficient (Wildman–Crippen LogP) is 6.64. The van der Waals surface area contributed by atoms with E-state index in [1.54, 1.807) is 24.5 Å². The Morgan fingerprint density at radius 2 is 1.55 bits per heavy atom. The molecule has 2 aliphatic heterocycles. The second kappa shape index (κ2) is 25.5. The number of fused-ring (bicyclic) bond motifs is 1. The third-order valence-corrected chi connectivity index (χ3v) is 10.5. The van der Waals surface area contributed by atoms with Crippen LogP contribution in [0, 0.1) is 0 Å². The van der Waals surface area contributed by atoms with Crippen LogP contribution in [0.15, 0.2) is 67.0 Å². The number of piperidine rings is 1. The number of hydrogen-bond donors (Lipinski definition) is 4. The number of ether oxygens (including phenoxy) is 5. The van der Waals surface area contributed by atoms with Gasteiger partial charge in [-0.2, -0.15) is 5.10 Å². The van der Waals surface area contributed by atoms with Crippen LogP contribution in [0.25, 0.3) is 11.4 Å². The first-order valence-electron chi connectivity index (χ1n) is 21.3. The lowest BCUT2D eigenvalue weighted by Gasteiger charge is -2.40. The van der Waals surface area contributed by atoms with Gasteiger partial charge in [0.1, 0.15) is 11.5 Å². The number of rotatable bonds is 25. The number of aryl methyl sites for hydroxylation is 1. The molecule has 0 unspecified atom stereocenters. The Morgan fingerprint density at radius 1 is 0.867 bits per heavy atom. The fourth-order valence-electron chi connectivity index (χ4n) is 7.03. The van der Waals surface area contributed by atoms with Gasteiger partial charge in [-0.15, -0.1) is 0 Å². The number of amides is 1. The van der Waals surface area contributed by atoms with Gasteiger partial charge in [-0.1, -0.05) is 18.9 Å². The number of aromatic amines is 1. The quantitative estimate of drug-likeness (QED) is 0.0519. The zero-order valence-corrected chi connectivity index (χ0v) is 35.1. The number of pyridine rings is 1. The molecule has 0 radical (unpaired) electrons. The molecule has 0 bridgehead atoms. The number of H-pyrrole nitrogens is 1. The number of likely N-dealkylation sites (tertiary alicyclic amines) is 1. The number of aromatic nitrogens is 4. The maximum atomic E-state index is 11.6. The summed E-state index contributed by atoms with van der Waals surface area (Å²) in [5.41, 5.74) is 8.52. The van der Waals surface area contributed by atoms with E-state index in [-0.39, 0.29) is 6.42 Å². The second-order valence-electron chi connectivity index (χ2n) is 15.2. The largest absolute Gasteiger partial charge is 0.494 e. The standard InChI is InChI=1S/C25H40O7.C20H23N7O/c26-25(27)10-4-3-6-14-29-18-20-30-19-17-28-13-5-1-2-7-15-31-23-11-12-24-22(21-23)9-8-16-32-24;1-27-11-7-20(8-12-27,24-16-4-2-3-15(13-16)17(21)28)19-23-18(25-26-19)14-5-9-22-10-6-14/h11-12,21H,1-10,13-20H2,(H,26,27);2-6,9-10,13,24H,7-8,11-12H2,1H3,(H2,21,28)(H,23,25,26). The molecule has 15 heteroatoms. The van der Waals surface area contributed by atoms with E-state index in [2.05, 4.69) is 38.5 Å². The molecule has 4 aromatic rings. The highest BCUT2D eigenvalue weighted by atomic mass is 16.5. The minimum atomic E-state index is -0.732. The summed E-state index contributed by atoms with van der Waals surface area (Å²) in [4.78, 5) is 33.1. The highest BCUT2D eigenvalue weighted by molar-refractivity contribution is 5.93. The van der Waals surface area contributed by atoms with Crippen LogP contribution >= 0.6 is 0 Å². The van der Waals surface area contributed by atoms with Crippen molar-refractivity contribution in [1.29, 1.82) is 0 Å². The van der Waals surface area contributed by atoms with E-state index < -0.39 is 17.4 Å². The van der Waals surface area contributed by atoms with Crippen LogP contribution in [-0.4, -0.2) is 115 Å². The summed E-state index contributed by atoms with van der Waals surface area (Å²) in [6.45, 7) is 7.17. The highest BCUT2D eigenvalue weighted by Gasteiger charge is 2.39. The van der Waals surface area contributed by atoms with Crippen LogP contribution in [0.3, 0.4) is 0 Å². The van der Waals surface area contributed by atoms with Crippen LogP contribution < -0.4 is 20.5 Å². The number of carboxylic acids is 1. The van der Waals surface area contributed by atoms with E-state index >= 15 is 0 Å². The molecule has 15 nitrogen and oxygen atoms in total. The average Bonchev–Trinajstić information content (AvgIpc) is 3.77. The van der Waals surface area contributed by atoms with Crippen LogP contribution in [0.1, 0.15) is 92.4 Å². The van der Waals surface area contributed by atoms with Gasteiger partial charge in [0, 0.05) is 61.9 Å². The normalized spacial score (nSPS) is 14.6. The lowest BCUT2D eigenvalue weighted by atomic mass is 9.86. The van der Waals surface area contributed by atoms with E-state index in [0.29, 0.717) is 50.8 Å². The zero-order valence-electron chi connectivity index (χ0n) is 35.1. The first-order chi connectivity index (χ1) is 29.3. The number of carboxylic acid groups (broad SMARTS) is 1. The summed E-state index contributed by atoms with van der Waals surface area (Å²) in [6, 6.07) is 17.2. The molecule has 1 saturated heterocycles. The number of carbonyl (C=O) groups excluding carboxylic acids is 1. The van der Waals surface area contributed by atoms with Gasteiger partial charge in [0.05, 0.1) is 45.2 Å². The van der Waals surface area contributed by atoms with Crippen molar-refractivity contribution in [3.63, 3.8) is 0 Å². The highest BCUT2D eigenvalue weighted by Crippen LogP contribution is 2.35. The molecule has 2 aromatic carbocycles. The molecule has 5 N–H and O–H groups in total. The molecule has 2 aromatic heterocycles. The fourth-order valence-corrected chi connectivity index (χ4v) is 7.03. The molecule has 4 heterocycles. The van der Waals surface area contributed by atoms with Crippen LogP contribution in [0.5, 0.6) is 11.5 Å². The topological polar surface area (TPSA) is 196 Å². The smallest absolute Gasteiger partial charge is 0.303 e. The van der Waals surface area contributed by atoms with E-state index in [1.165, 1.54) is 5.56 Å². The van der Waals surface area contributed by atoms with Crippen molar-refractivity contribution < 1.29 is 38.4 Å². The van der Waals surface area contributed by atoms with Crippen molar-refractivity contribution in [3.05, 3.63) is 83.9 Å². The monoisotopic (exact) mass is 829 g/mol. The molecular weight excluding hydrogens is 767 g/mol. The summed E-state index contributed by atoms with van der Waals surface area (Å²) in [5.74, 6) is 2.20. The molecule has 60 heavy (non-hydrogen) atoms. The Labute approximate surface area is 353 Å². The molecule has 0 spiro atoms. The number of unbranched alkanes of at least 4 members (excludes halogenated alkanes) is 5. The maximum Gasteiger partial charge on any atom is 0.303 e. The first-order valence-corrected chi connectivity index (χ1v) is 21.3. The van der Waals surface area contributed by atoms with E-state index in [1.807, 2.05) is 36.4 Å². The van der Waals surface area contributed by atoms with Crippen molar-refractivity contribution in [2.24, 2.45) is 5.73 Å². The van der Waals surface area contributed by atoms with Gasteiger partial charge in [-0.3, -0.25) is 19.7 Å². The number of hydrogen-bond acceptors (Lipinski definition) is 12. The van der Waals surface area contributed by atoms with Crippen LogP contribution in [0.2, 0.25) is 0 Å². The predicted molar refractivity (Wildman–Crippen MR) is 229 cm³/mol. The molecule has 0 saturated carbocycles. The van der Waals surface area contributed by atoms with Crippen LogP contribution in [0.4, 0.5) is 5.69 Å². The number of anilines is 1. The molecule has 1 fully saturated rings. The van der Waals surface area contributed by atoms with Gasteiger partial charge in [0.25, 0.3) is 0 Å². The van der Waals surface area contributed by atoms with E-state index in [9.17, 15) is 9.59 Å². The summed E-state index contributed by atoms with van der Waals surface area (Å²) < 4.78 is 28.0. The van der Waals surface area contributed by atoms with Crippen molar-refractivity contribution in [2.45, 2.75) is 82.6 Å². The Kier molecular flexibility index (Phi) is 19.6. The van der Waals surface area contributed by atoms with Crippen molar-refractivity contribution >= 4 is 17.6 Å². The van der Waals surface area contributed by atoms with Gasteiger partial charge < -0.3 is 44.7 Å². The number of nitrogens with zero attached hydrogens (tertiary/aromatic N) is 4. The van der Waals surface area contributed by atoms with Crippen molar-refractivity contribution in [1.82, 2.24) is 25.1 Å². The number of primary amides is 1. The molecule has 0 atom stereocenters. The summed E-state index contributed by atoms with van der Waals surface area (Å²) >= 11 is 0. The summed E-state index contributed by atoms with van der Waals surface area (Å²) in [6.07, 6.45) is 14.4. The number of nitrogens with two attached hydrogens (primary N) is 1. The molecule has 1 amide bonds. The summed E-state index contributed by atoms with van der Waals surface area (Å²) in [5, 5.41) is 19.7. The zero-order chi connectivity index (χ0) is 42.3. The maximum absolute atomic E-state index is 11.6. The Morgan fingerprint density at radius 3 is 2.25 bits per heavy atom. The Bertz CT molecular complexity index is 1850. The number of nitrogens with one attached hydrogen (secondary N) is 2. The van der Waals surface area contributed by atoms with Gasteiger partial charge >= 0.3 is 5.97 Å². The third-order valence-electron chi connectivity index (χ3n) is 10.5. The Hall–Kier alpha value is -5.09. The van der Waals surface area contributed by atoms with Crippen LogP contribution in [-0.2, 0) is 31.0 Å². The van der Waals surface area contributed by atoms with Gasteiger partial charge in [-0.25, -0.2) is 4.98 Å². The molecule has 0 aliphatic carbocycles. The Balaban J connectivity index is 0.000000229. The SMILES string of the molecule is CN1CCC(Nc2cccc(C(N)=O)c2)(c2nc(-c3ccncc3)n[nH]2)CC1.O=C(O)CCCCCOCCOCCOCCCCCCOc1ccc2c(c1)CCCO2. The minimum absolute atomic E-state index is 0.240.